The lowest BCUT2D eigenvalue weighted by Crippen LogP contribution is -2.35. The average molecular weight is 278 g/mol. The Hall–Kier alpha value is -1.04. The predicted molar refractivity (Wildman–Crippen MR) is 70.3 cm³/mol. The van der Waals surface area contributed by atoms with Gasteiger partial charge in [-0.05, 0) is 18.2 Å². The van der Waals surface area contributed by atoms with Crippen molar-refractivity contribution >= 4 is 52.1 Å². The zero-order valence-electron chi connectivity index (χ0n) is 8.09. The number of carbonyl (C=O) groups is 1. The highest BCUT2D eigenvalue weighted by atomic mass is 35.5. The topological polar surface area (TPSA) is 67.1 Å². The lowest BCUT2D eigenvalue weighted by molar-refractivity contribution is 0.253. The summed E-state index contributed by atoms with van der Waals surface area (Å²) in [7, 11) is 0. The van der Waals surface area contributed by atoms with Gasteiger partial charge >= 0.3 is 6.03 Å². The summed E-state index contributed by atoms with van der Waals surface area (Å²) in [4.78, 5) is 11.5. The van der Waals surface area contributed by atoms with E-state index in [4.69, 9.17) is 28.9 Å². The summed E-state index contributed by atoms with van der Waals surface area (Å²) in [5.41, 5.74) is 5.66. The van der Waals surface area contributed by atoms with E-state index in [0.717, 1.165) is 0 Å². The van der Waals surface area contributed by atoms with Gasteiger partial charge in [-0.2, -0.15) is 0 Å². The van der Waals surface area contributed by atoms with Gasteiger partial charge < -0.3 is 16.4 Å². The fourth-order valence-electron chi connectivity index (χ4n) is 0.927. The number of thiocarbonyl (C=S) groups is 1. The molecule has 0 saturated heterocycles. The molecule has 2 amide bonds. The number of hydrogen-bond acceptors (Lipinski definition) is 2. The summed E-state index contributed by atoms with van der Waals surface area (Å²) in [5.74, 6) is 0. The maximum absolute atomic E-state index is 11.3. The van der Waals surface area contributed by atoms with Gasteiger partial charge in [-0.1, -0.05) is 35.4 Å². The highest BCUT2D eigenvalue weighted by Crippen LogP contribution is 2.25. The Morgan fingerprint density at radius 1 is 1.44 bits per heavy atom. The molecule has 0 fully saturated rings. The summed E-state index contributed by atoms with van der Waals surface area (Å²) in [6.45, 7) is 0.124. The van der Waals surface area contributed by atoms with Crippen LogP contribution in [0, 0.1) is 0 Å². The van der Waals surface area contributed by atoms with Crippen LogP contribution in [-0.4, -0.2) is 17.6 Å². The predicted octanol–water partition coefficient (Wildman–Crippen LogP) is 2.40. The van der Waals surface area contributed by atoms with Crippen LogP contribution in [0.15, 0.2) is 18.2 Å². The van der Waals surface area contributed by atoms with Crippen molar-refractivity contribution in [3.63, 3.8) is 0 Å². The highest BCUT2D eigenvalue weighted by molar-refractivity contribution is 7.80. The van der Waals surface area contributed by atoms with Crippen LogP contribution in [0.2, 0.25) is 10.0 Å². The molecule has 0 heterocycles. The van der Waals surface area contributed by atoms with Gasteiger partial charge in [0.25, 0.3) is 0 Å². The molecule has 0 aromatic heterocycles. The minimum atomic E-state index is -0.447. The number of urea groups is 1. The summed E-state index contributed by atoms with van der Waals surface area (Å²) < 4.78 is 0. The third kappa shape index (κ3) is 4.22. The van der Waals surface area contributed by atoms with Crippen LogP contribution in [0.3, 0.4) is 0 Å². The van der Waals surface area contributed by atoms with Crippen molar-refractivity contribution in [2.45, 2.75) is 0 Å². The molecule has 0 radical (unpaired) electrons. The molecule has 0 saturated carbocycles. The monoisotopic (exact) mass is 277 g/mol. The van der Waals surface area contributed by atoms with Crippen LogP contribution in [0.1, 0.15) is 0 Å². The van der Waals surface area contributed by atoms with Gasteiger partial charge in [-0.25, -0.2) is 4.79 Å². The minimum absolute atomic E-state index is 0.124. The Kier molecular flexibility index (Phi) is 4.79. The van der Waals surface area contributed by atoms with Crippen LogP contribution < -0.4 is 16.4 Å². The molecule has 86 valence electrons. The first-order valence-corrected chi connectivity index (χ1v) is 5.43. The molecule has 0 aliphatic carbocycles. The van der Waals surface area contributed by atoms with Gasteiger partial charge in [0, 0.05) is 5.02 Å². The van der Waals surface area contributed by atoms with E-state index in [1.54, 1.807) is 18.2 Å². The van der Waals surface area contributed by atoms with Crippen LogP contribution >= 0.6 is 35.4 Å². The second kappa shape index (κ2) is 5.89. The van der Waals surface area contributed by atoms with Gasteiger partial charge in [0.1, 0.15) is 0 Å². The van der Waals surface area contributed by atoms with E-state index in [-0.39, 0.29) is 11.5 Å². The molecule has 0 bridgehead atoms. The van der Waals surface area contributed by atoms with E-state index in [1.807, 2.05) is 0 Å². The zero-order chi connectivity index (χ0) is 12.1. The number of amides is 2. The van der Waals surface area contributed by atoms with Crippen LogP contribution in [0.5, 0.6) is 0 Å². The molecule has 0 aliphatic rings. The number of halogens is 2. The molecular weight excluding hydrogens is 269 g/mol. The third-order valence-corrected chi connectivity index (χ3v) is 2.31. The molecule has 4 N–H and O–H groups in total. The normalized spacial score (nSPS) is 9.62. The first kappa shape index (κ1) is 13.0. The minimum Gasteiger partial charge on any atom is -0.392 e. The van der Waals surface area contributed by atoms with Gasteiger partial charge in [-0.3, -0.25) is 0 Å². The lowest BCUT2D eigenvalue weighted by Gasteiger charge is -2.08. The molecule has 1 rings (SSSR count). The lowest BCUT2D eigenvalue weighted by atomic mass is 10.3. The molecule has 0 aliphatic heterocycles. The van der Waals surface area contributed by atoms with E-state index in [1.165, 1.54) is 0 Å². The van der Waals surface area contributed by atoms with Crippen molar-refractivity contribution in [3.8, 4) is 0 Å². The fourth-order valence-corrected chi connectivity index (χ4v) is 1.34. The quantitative estimate of drug-likeness (QED) is 0.744. The Balaban J connectivity index is 2.62. The van der Waals surface area contributed by atoms with E-state index in [9.17, 15) is 4.79 Å². The molecule has 0 unspecified atom stereocenters. The van der Waals surface area contributed by atoms with Gasteiger partial charge in [0.05, 0.1) is 22.2 Å². The molecule has 7 heteroatoms. The zero-order valence-corrected chi connectivity index (χ0v) is 10.4. The van der Waals surface area contributed by atoms with Crippen molar-refractivity contribution in [2.24, 2.45) is 5.73 Å². The second-order valence-electron chi connectivity index (χ2n) is 2.90. The van der Waals surface area contributed by atoms with E-state index < -0.39 is 6.03 Å². The van der Waals surface area contributed by atoms with E-state index >= 15 is 0 Å². The third-order valence-electron chi connectivity index (χ3n) is 1.60. The fraction of sp³-hybridized carbons (Fsp3) is 0.111. The van der Waals surface area contributed by atoms with Crippen molar-refractivity contribution < 1.29 is 4.79 Å². The number of nitrogens with one attached hydrogen (secondary N) is 2. The first-order valence-electron chi connectivity index (χ1n) is 4.27. The van der Waals surface area contributed by atoms with Crippen molar-refractivity contribution in [1.29, 1.82) is 0 Å². The standard InChI is InChI=1S/C9H9Cl2N3OS/c10-5-1-2-6(11)7(3-5)14-9(15)13-4-8(12)16/h1-3H,4H2,(H2,12,16)(H2,13,14,15). The summed E-state index contributed by atoms with van der Waals surface area (Å²) >= 11 is 16.2. The second-order valence-corrected chi connectivity index (χ2v) is 4.27. The average Bonchev–Trinajstić information content (AvgIpc) is 2.20. The summed E-state index contributed by atoms with van der Waals surface area (Å²) in [5, 5.41) is 5.86. The molecular formula is C9H9Cl2N3OS. The number of nitrogens with two attached hydrogens (primary N) is 1. The van der Waals surface area contributed by atoms with Crippen molar-refractivity contribution in [2.75, 3.05) is 11.9 Å². The number of rotatable bonds is 3. The van der Waals surface area contributed by atoms with Gasteiger partial charge in [0.15, 0.2) is 0 Å². The van der Waals surface area contributed by atoms with E-state index in [0.29, 0.717) is 15.7 Å². The molecule has 1 aromatic rings. The van der Waals surface area contributed by atoms with Crippen molar-refractivity contribution in [3.05, 3.63) is 28.2 Å². The molecule has 0 spiro atoms. The highest BCUT2D eigenvalue weighted by Gasteiger charge is 2.05. The van der Waals surface area contributed by atoms with Crippen LogP contribution in [0.4, 0.5) is 10.5 Å². The Bertz CT molecular complexity index is 425. The number of carbonyl (C=O) groups excluding carboxylic acids is 1. The van der Waals surface area contributed by atoms with E-state index in [2.05, 4.69) is 22.9 Å². The molecule has 16 heavy (non-hydrogen) atoms. The van der Waals surface area contributed by atoms with Crippen molar-refractivity contribution in [1.82, 2.24) is 5.32 Å². The maximum atomic E-state index is 11.3. The molecule has 1 aromatic carbocycles. The first-order chi connectivity index (χ1) is 7.49. The Morgan fingerprint density at radius 2 is 2.12 bits per heavy atom. The Morgan fingerprint density at radius 3 is 2.75 bits per heavy atom. The summed E-state index contributed by atoms with van der Waals surface area (Å²) in [6, 6.07) is 4.32. The van der Waals surface area contributed by atoms with Gasteiger partial charge in [0.2, 0.25) is 0 Å². The number of anilines is 1. The smallest absolute Gasteiger partial charge is 0.319 e. The number of hydrogen-bond donors (Lipinski definition) is 3. The molecule has 0 atom stereocenters. The maximum Gasteiger partial charge on any atom is 0.319 e. The largest absolute Gasteiger partial charge is 0.392 e. The summed E-state index contributed by atoms with van der Waals surface area (Å²) in [6.07, 6.45) is 0. The SMILES string of the molecule is NC(=S)CNC(=O)Nc1cc(Cl)ccc1Cl. The van der Waals surface area contributed by atoms with Gasteiger partial charge in [-0.15, -0.1) is 0 Å². The Labute approximate surface area is 108 Å². The number of benzene rings is 1. The molecule has 4 nitrogen and oxygen atoms in total. The van der Waals surface area contributed by atoms with Crippen LogP contribution in [0.25, 0.3) is 0 Å². The van der Waals surface area contributed by atoms with Crippen LogP contribution in [-0.2, 0) is 0 Å².